The highest BCUT2D eigenvalue weighted by molar-refractivity contribution is 6.31. The van der Waals surface area contributed by atoms with Crippen molar-refractivity contribution in [3.05, 3.63) is 58.9 Å². The number of imidazole rings is 1. The molecule has 0 saturated heterocycles. The molecule has 3 aromatic rings. The molecule has 0 spiro atoms. The highest BCUT2D eigenvalue weighted by Crippen LogP contribution is 2.26. The minimum Gasteiger partial charge on any atom is -0.380 e. The lowest BCUT2D eigenvalue weighted by molar-refractivity contribution is 0.185. The van der Waals surface area contributed by atoms with Gasteiger partial charge in [0.25, 0.3) is 0 Å². The van der Waals surface area contributed by atoms with Gasteiger partial charge in [0, 0.05) is 17.8 Å². The van der Waals surface area contributed by atoms with Crippen molar-refractivity contribution >= 4 is 34.2 Å². The van der Waals surface area contributed by atoms with Crippen molar-refractivity contribution in [2.45, 2.75) is 12.5 Å². The third-order valence-electron chi connectivity index (χ3n) is 3.29. The lowest BCUT2D eigenvalue weighted by atomic mass is 10.2. The van der Waals surface area contributed by atoms with E-state index in [1.807, 2.05) is 41.0 Å². The Hall–Kier alpha value is -1.55. The number of rotatable bonds is 4. The van der Waals surface area contributed by atoms with Crippen molar-refractivity contribution < 1.29 is 4.74 Å². The number of hydrogen-bond donors (Lipinski definition) is 0. The maximum absolute atomic E-state index is 6.12. The maximum Gasteiger partial charge on any atom is 0.129 e. The van der Waals surface area contributed by atoms with Crippen molar-refractivity contribution in [2.75, 3.05) is 7.11 Å². The van der Waals surface area contributed by atoms with Crippen LogP contribution in [0.4, 0.5) is 0 Å². The second-order valence-electron chi connectivity index (χ2n) is 4.73. The van der Waals surface area contributed by atoms with Gasteiger partial charge < -0.3 is 4.74 Å². The van der Waals surface area contributed by atoms with Crippen molar-refractivity contribution in [3.8, 4) is 5.69 Å². The zero-order valence-corrected chi connectivity index (χ0v) is 13.0. The molecule has 0 bridgehead atoms. The number of methoxy groups -OCH3 is 1. The van der Waals surface area contributed by atoms with Crippen LogP contribution >= 0.6 is 23.2 Å². The molecule has 5 heteroatoms. The van der Waals surface area contributed by atoms with Gasteiger partial charge >= 0.3 is 0 Å². The fourth-order valence-corrected chi connectivity index (χ4v) is 2.77. The van der Waals surface area contributed by atoms with Gasteiger partial charge in [0.1, 0.15) is 5.82 Å². The third kappa shape index (κ3) is 2.77. The van der Waals surface area contributed by atoms with Gasteiger partial charge in [0.05, 0.1) is 23.5 Å². The average molecular weight is 321 g/mol. The summed E-state index contributed by atoms with van der Waals surface area (Å²) in [6, 6.07) is 13.8. The van der Waals surface area contributed by atoms with Gasteiger partial charge in [-0.1, -0.05) is 23.7 Å². The summed E-state index contributed by atoms with van der Waals surface area (Å²) >= 11 is 12.2. The number of fused-ring (bicyclic) bond motifs is 1. The summed E-state index contributed by atoms with van der Waals surface area (Å²) in [5.41, 5.74) is 3.93. The minimum absolute atomic E-state index is 0.334. The molecule has 0 saturated carbocycles. The molecule has 1 heterocycles. The number of ether oxygens (including phenoxy) is 1. The lowest BCUT2D eigenvalue weighted by Gasteiger charge is -2.10. The normalized spacial score (nSPS) is 11.2. The maximum atomic E-state index is 6.12. The highest BCUT2D eigenvalue weighted by Gasteiger charge is 2.12. The average Bonchev–Trinajstić information content (AvgIpc) is 2.85. The molecule has 0 amide bonds. The fraction of sp³-hybridized carbons (Fsp3) is 0.188. The minimum atomic E-state index is 0.334. The molecule has 21 heavy (non-hydrogen) atoms. The van der Waals surface area contributed by atoms with E-state index in [4.69, 9.17) is 27.9 Å². The van der Waals surface area contributed by atoms with Crippen LogP contribution in [0.25, 0.3) is 16.7 Å². The van der Waals surface area contributed by atoms with Crippen LogP contribution in [0.3, 0.4) is 0 Å². The Morgan fingerprint density at radius 3 is 2.81 bits per heavy atom. The van der Waals surface area contributed by atoms with Gasteiger partial charge in [-0.2, -0.15) is 0 Å². The van der Waals surface area contributed by atoms with Crippen molar-refractivity contribution in [3.63, 3.8) is 0 Å². The summed E-state index contributed by atoms with van der Waals surface area (Å²) in [4.78, 5) is 4.57. The van der Waals surface area contributed by atoms with Crippen molar-refractivity contribution in [1.29, 1.82) is 0 Å². The quantitative estimate of drug-likeness (QED) is 0.659. The van der Waals surface area contributed by atoms with Crippen LogP contribution in [0.1, 0.15) is 11.4 Å². The van der Waals surface area contributed by atoms with Crippen LogP contribution in [0.2, 0.25) is 5.02 Å². The first kappa shape index (κ1) is 14.4. The number of alkyl halides is 1. The number of hydrogen-bond acceptors (Lipinski definition) is 2. The molecule has 3 nitrogen and oxygen atoms in total. The van der Waals surface area contributed by atoms with Gasteiger partial charge in [-0.05, 0) is 35.9 Å². The Balaban J connectivity index is 2.22. The zero-order valence-electron chi connectivity index (χ0n) is 11.5. The van der Waals surface area contributed by atoms with Crippen LogP contribution in [0.5, 0.6) is 0 Å². The molecule has 108 valence electrons. The summed E-state index contributed by atoms with van der Waals surface area (Å²) in [5, 5.41) is 0.679. The zero-order chi connectivity index (χ0) is 14.8. The third-order valence-corrected chi connectivity index (χ3v) is 3.76. The number of benzene rings is 2. The van der Waals surface area contributed by atoms with E-state index in [0.717, 1.165) is 28.1 Å². The van der Waals surface area contributed by atoms with E-state index in [1.165, 1.54) is 0 Å². The summed E-state index contributed by atoms with van der Waals surface area (Å²) in [6.07, 6.45) is 0. The summed E-state index contributed by atoms with van der Waals surface area (Å²) in [7, 11) is 1.68. The molecule has 0 aliphatic rings. The van der Waals surface area contributed by atoms with Gasteiger partial charge in [-0.3, -0.25) is 4.57 Å². The molecule has 0 fully saturated rings. The second-order valence-corrected chi connectivity index (χ2v) is 5.44. The molecule has 0 unspecified atom stereocenters. The van der Waals surface area contributed by atoms with E-state index in [-0.39, 0.29) is 0 Å². The monoisotopic (exact) mass is 320 g/mol. The Morgan fingerprint density at radius 1 is 1.19 bits per heavy atom. The highest BCUT2D eigenvalue weighted by atomic mass is 35.5. The second kappa shape index (κ2) is 6.06. The van der Waals surface area contributed by atoms with E-state index >= 15 is 0 Å². The predicted molar refractivity (Wildman–Crippen MR) is 86.4 cm³/mol. The number of halogens is 2. The number of nitrogens with zero attached hydrogens (tertiary/aromatic N) is 2. The van der Waals surface area contributed by atoms with Crippen molar-refractivity contribution in [2.24, 2.45) is 0 Å². The van der Waals surface area contributed by atoms with Crippen molar-refractivity contribution in [1.82, 2.24) is 9.55 Å². The largest absolute Gasteiger partial charge is 0.380 e. The van der Waals surface area contributed by atoms with E-state index in [2.05, 4.69) is 11.1 Å². The molecule has 1 aromatic heterocycles. The van der Waals surface area contributed by atoms with E-state index in [9.17, 15) is 0 Å². The molecule has 0 aliphatic heterocycles. The van der Waals surface area contributed by atoms with Gasteiger partial charge in [-0.25, -0.2) is 4.98 Å². The smallest absolute Gasteiger partial charge is 0.129 e. The molecular formula is C16H14Cl2N2O. The lowest BCUT2D eigenvalue weighted by Crippen LogP contribution is -2.00. The van der Waals surface area contributed by atoms with E-state index in [0.29, 0.717) is 17.5 Å². The Morgan fingerprint density at radius 2 is 2.05 bits per heavy atom. The van der Waals surface area contributed by atoms with Crippen LogP contribution in [-0.2, 0) is 17.2 Å². The van der Waals surface area contributed by atoms with Gasteiger partial charge in [0.15, 0.2) is 0 Å². The van der Waals surface area contributed by atoms with E-state index in [1.54, 1.807) is 7.11 Å². The Bertz CT molecular complexity index is 783. The summed E-state index contributed by atoms with van der Waals surface area (Å²) < 4.78 is 7.23. The Labute approximate surface area is 133 Å². The molecule has 0 N–H and O–H groups in total. The molecule has 0 radical (unpaired) electrons. The van der Waals surface area contributed by atoms with E-state index < -0.39 is 0 Å². The first-order valence-electron chi connectivity index (χ1n) is 6.54. The number of aromatic nitrogens is 2. The molecule has 3 rings (SSSR count). The SMILES string of the molecule is COCc1cccc(-n2c(CCl)nc3ccc(Cl)cc32)c1. The summed E-state index contributed by atoms with van der Waals surface area (Å²) in [6.45, 7) is 0.567. The standard InChI is InChI=1S/C16H14Cl2N2O/c1-21-10-11-3-2-4-13(7-11)20-15-8-12(18)5-6-14(15)19-16(20)9-17/h2-8H,9-10H2,1H3. The molecule has 0 aliphatic carbocycles. The summed E-state index contributed by atoms with van der Waals surface area (Å²) in [5.74, 6) is 1.13. The predicted octanol–water partition coefficient (Wildman–Crippen LogP) is 4.56. The van der Waals surface area contributed by atoms with Crippen LogP contribution in [0, 0.1) is 0 Å². The first-order valence-corrected chi connectivity index (χ1v) is 7.45. The Kier molecular flexibility index (Phi) is 4.15. The molecular weight excluding hydrogens is 307 g/mol. The molecule has 0 atom stereocenters. The van der Waals surface area contributed by atoms with Crippen LogP contribution < -0.4 is 0 Å². The van der Waals surface area contributed by atoms with Gasteiger partial charge in [-0.15, -0.1) is 11.6 Å². The molecule has 2 aromatic carbocycles. The van der Waals surface area contributed by atoms with Crippen LogP contribution in [0.15, 0.2) is 42.5 Å². The fourth-order valence-electron chi connectivity index (χ4n) is 2.43. The first-order chi connectivity index (χ1) is 10.2. The van der Waals surface area contributed by atoms with Crippen LogP contribution in [-0.4, -0.2) is 16.7 Å². The van der Waals surface area contributed by atoms with Gasteiger partial charge in [0.2, 0.25) is 0 Å². The topological polar surface area (TPSA) is 27.1 Å².